The average Bonchev–Trinajstić information content (AvgIpc) is 2.23. The first-order valence-electron chi connectivity index (χ1n) is 4.94. The van der Waals surface area contributed by atoms with E-state index in [0.717, 1.165) is 5.57 Å². The Kier molecular flexibility index (Phi) is 4.45. The number of hydrogen-bond donors (Lipinski definition) is 1. The van der Waals surface area contributed by atoms with Gasteiger partial charge in [0.1, 0.15) is 5.82 Å². The average molecular weight is 219 g/mol. The molecule has 1 aromatic carbocycles. The standard InChI is InChI=1S/C13H14FNO/c1-10(2)9-15-13(16)7-6-11-4-3-5-12(14)8-11/h3-8H,1,9H2,2H3,(H,15,16)/b7-6+. The van der Waals surface area contributed by atoms with Crippen LogP contribution in [-0.2, 0) is 4.79 Å². The number of hydrogen-bond acceptors (Lipinski definition) is 1. The van der Waals surface area contributed by atoms with Crippen LogP contribution in [0.1, 0.15) is 12.5 Å². The maximum absolute atomic E-state index is 12.8. The van der Waals surface area contributed by atoms with Crippen molar-refractivity contribution in [1.29, 1.82) is 0 Å². The second-order valence-electron chi connectivity index (χ2n) is 3.56. The molecule has 84 valence electrons. The van der Waals surface area contributed by atoms with Gasteiger partial charge >= 0.3 is 0 Å². The molecule has 0 aromatic heterocycles. The highest BCUT2D eigenvalue weighted by atomic mass is 19.1. The Hall–Kier alpha value is -1.90. The summed E-state index contributed by atoms with van der Waals surface area (Å²) in [7, 11) is 0. The molecule has 1 N–H and O–H groups in total. The van der Waals surface area contributed by atoms with E-state index in [-0.39, 0.29) is 11.7 Å². The fraction of sp³-hybridized carbons (Fsp3) is 0.154. The molecule has 0 bridgehead atoms. The Morgan fingerprint density at radius 3 is 2.94 bits per heavy atom. The van der Waals surface area contributed by atoms with Crippen LogP contribution in [-0.4, -0.2) is 12.5 Å². The summed E-state index contributed by atoms with van der Waals surface area (Å²) >= 11 is 0. The molecule has 2 nitrogen and oxygen atoms in total. The molecule has 0 saturated heterocycles. The van der Waals surface area contributed by atoms with Gasteiger partial charge in [-0.2, -0.15) is 0 Å². The Balaban J connectivity index is 2.53. The maximum atomic E-state index is 12.8. The zero-order valence-corrected chi connectivity index (χ0v) is 9.16. The molecular weight excluding hydrogens is 205 g/mol. The highest BCUT2D eigenvalue weighted by molar-refractivity contribution is 5.91. The monoisotopic (exact) mass is 219 g/mol. The summed E-state index contributed by atoms with van der Waals surface area (Å²) in [5.41, 5.74) is 1.54. The molecule has 0 spiro atoms. The highest BCUT2D eigenvalue weighted by Crippen LogP contribution is 2.04. The Bertz CT molecular complexity index is 424. The fourth-order valence-electron chi connectivity index (χ4n) is 1.08. The van der Waals surface area contributed by atoms with Crippen LogP contribution in [0.4, 0.5) is 4.39 Å². The minimum absolute atomic E-state index is 0.215. The van der Waals surface area contributed by atoms with E-state index in [1.807, 2.05) is 6.92 Å². The topological polar surface area (TPSA) is 29.1 Å². The Labute approximate surface area is 94.5 Å². The highest BCUT2D eigenvalue weighted by Gasteiger charge is 1.95. The van der Waals surface area contributed by atoms with E-state index >= 15 is 0 Å². The van der Waals surface area contributed by atoms with Gasteiger partial charge in [0.05, 0.1) is 0 Å². The van der Waals surface area contributed by atoms with Crippen LogP contribution in [0.15, 0.2) is 42.5 Å². The Morgan fingerprint density at radius 2 is 2.31 bits per heavy atom. The van der Waals surface area contributed by atoms with E-state index in [1.54, 1.807) is 18.2 Å². The van der Waals surface area contributed by atoms with Crippen LogP contribution in [0, 0.1) is 5.82 Å². The van der Waals surface area contributed by atoms with Crippen LogP contribution in [0.25, 0.3) is 6.08 Å². The summed E-state index contributed by atoms with van der Waals surface area (Å²) in [6.07, 6.45) is 2.94. The number of halogens is 1. The molecular formula is C13H14FNO. The van der Waals surface area contributed by atoms with Gasteiger partial charge in [-0.3, -0.25) is 4.79 Å². The van der Waals surface area contributed by atoms with E-state index in [4.69, 9.17) is 0 Å². The largest absolute Gasteiger partial charge is 0.349 e. The summed E-state index contributed by atoms with van der Waals surface area (Å²) < 4.78 is 12.8. The van der Waals surface area contributed by atoms with Gasteiger partial charge in [-0.15, -0.1) is 0 Å². The molecule has 0 aliphatic heterocycles. The minimum atomic E-state index is -0.315. The fourth-order valence-corrected chi connectivity index (χ4v) is 1.08. The van der Waals surface area contributed by atoms with Gasteiger partial charge in [-0.25, -0.2) is 4.39 Å². The van der Waals surface area contributed by atoms with Gasteiger partial charge in [0, 0.05) is 12.6 Å². The lowest BCUT2D eigenvalue weighted by atomic mass is 10.2. The molecule has 3 heteroatoms. The first-order chi connectivity index (χ1) is 7.58. The van der Waals surface area contributed by atoms with Gasteiger partial charge < -0.3 is 5.32 Å². The van der Waals surface area contributed by atoms with Crippen molar-refractivity contribution in [2.75, 3.05) is 6.54 Å². The summed E-state index contributed by atoms with van der Waals surface area (Å²) in [4.78, 5) is 11.3. The number of carbonyl (C=O) groups is 1. The number of rotatable bonds is 4. The number of nitrogens with one attached hydrogen (secondary N) is 1. The number of carbonyl (C=O) groups excluding carboxylic acids is 1. The molecule has 0 saturated carbocycles. The van der Waals surface area contributed by atoms with Gasteiger partial charge in [0.2, 0.25) is 5.91 Å². The second kappa shape index (κ2) is 5.85. The Morgan fingerprint density at radius 1 is 1.56 bits per heavy atom. The third-order valence-electron chi connectivity index (χ3n) is 1.84. The van der Waals surface area contributed by atoms with Crippen molar-refractivity contribution in [2.24, 2.45) is 0 Å². The summed E-state index contributed by atoms with van der Waals surface area (Å²) in [6.45, 7) is 5.95. The van der Waals surface area contributed by atoms with Crippen LogP contribution in [0.5, 0.6) is 0 Å². The molecule has 1 aromatic rings. The molecule has 16 heavy (non-hydrogen) atoms. The SMILES string of the molecule is C=C(C)CNC(=O)/C=C/c1cccc(F)c1. The van der Waals surface area contributed by atoms with E-state index < -0.39 is 0 Å². The molecule has 0 fully saturated rings. The predicted octanol–water partition coefficient (Wildman–Crippen LogP) is 2.53. The lowest BCUT2D eigenvalue weighted by Gasteiger charge is -1.99. The van der Waals surface area contributed by atoms with Gasteiger partial charge in [0.25, 0.3) is 0 Å². The maximum Gasteiger partial charge on any atom is 0.244 e. The molecule has 0 atom stereocenters. The number of benzene rings is 1. The first kappa shape index (κ1) is 12.2. The van der Waals surface area contributed by atoms with Gasteiger partial charge in [-0.1, -0.05) is 24.3 Å². The molecule has 0 aliphatic carbocycles. The van der Waals surface area contributed by atoms with Crippen molar-refractivity contribution in [3.63, 3.8) is 0 Å². The smallest absolute Gasteiger partial charge is 0.244 e. The van der Waals surface area contributed by atoms with E-state index in [0.29, 0.717) is 12.1 Å². The lowest BCUT2D eigenvalue weighted by molar-refractivity contribution is -0.116. The quantitative estimate of drug-likeness (QED) is 0.612. The van der Waals surface area contributed by atoms with Crippen molar-refractivity contribution in [2.45, 2.75) is 6.92 Å². The third-order valence-corrected chi connectivity index (χ3v) is 1.84. The predicted molar refractivity (Wildman–Crippen MR) is 63.3 cm³/mol. The van der Waals surface area contributed by atoms with Crippen molar-refractivity contribution in [3.8, 4) is 0 Å². The second-order valence-corrected chi connectivity index (χ2v) is 3.56. The van der Waals surface area contributed by atoms with Crippen molar-refractivity contribution >= 4 is 12.0 Å². The summed E-state index contributed by atoms with van der Waals surface area (Å²) in [5, 5.41) is 2.65. The van der Waals surface area contributed by atoms with Crippen molar-refractivity contribution in [3.05, 3.63) is 53.9 Å². The molecule has 1 amide bonds. The van der Waals surface area contributed by atoms with Crippen LogP contribution >= 0.6 is 0 Å². The van der Waals surface area contributed by atoms with Gasteiger partial charge in [0.15, 0.2) is 0 Å². The first-order valence-corrected chi connectivity index (χ1v) is 4.94. The van der Waals surface area contributed by atoms with Crippen LogP contribution < -0.4 is 5.32 Å². The number of amides is 1. The summed E-state index contributed by atoms with van der Waals surface area (Å²) in [6, 6.07) is 6.05. The molecule has 0 unspecified atom stereocenters. The zero-order chi connectivity index (χ0) is 12.0. The lowest BCUT2D eigenvalue weighted by Crippen LogP contribution is -2.22. The molecule has 0 heterocycles. The minimum Gasteiger partial charge on any atom is -0.349 e. The van der Waals surface area contributed by atoms with Crippen LogP contribution in [0.2, 0.25) is 0 Å². The molecule has 0 radical (unpaired) electrons. The summed E-state index contributed by atoms with van der Waals surface area (Å²) in [5.74, 6) is -0.531. The zero-order valence-electron chi connectivity index (χ0n) is 9.16. The van der Waals surface area contributed by atoms with Crippen LogP contribution in [0.3, 0.4) is 0 Å². The van der Waals surface area contributed by atoms with Crippen molar-refractivity contribution < 1.29 is 9.18 Å². The van der Waals surface area contributed by atoms with E-state index in [2.05, 4.69) is 11.9 Å². The normalized spacial score (nSPS) is 10.4. The molecule has 1 rings (SSSR count). The van der Waals surface area contributed by atoms with E-state index in [9.17, 15) is 9.18 Å². The third kappa shape index (κ3) is 4.55. The van der Waals surface area contributed by atoms with Crippen molar-refractivity contribution in [1.82, 2.24) is 5.32 Å². The van der Waals surface area contributed by atoms with E-state index in [1.165, 1.54) is 18.2 Å². The van der Waals surface area contributed by atoms with Gasteiger partial charge in [-0.05, 0) is 30.7 Å². The molecule has 0 aliphatic rings.